The molecule has 0 radical (unpaired) electrons. The number of nitrogens with zero attached hydrogens (tertiary/aromatic N) is 3. The highest BCUT2D eigenvalue weighted by atomic mass is 32.2. The first-order valence-electron chi connectivity index (χ1n) is 7.82. The number of phenolic OH excluding ortho intramolecular Hbond substituents is 1. The molecule has 0 atom stereocenters. The number of hydrogen-bond donors (Lipinski definition) is 2. The molecule has 1 aromatic heterocycles. The number of carboxylic acid groups (broad SMARTS) is 1. The minimum absolute atomic E-state index is 0.0364. The Morgan fingerprint density at radius 3 is 2.42 bits per heavy atom. The summed E-state index contributed by atoms with van der Waals surface area (Å²) in [5, 5.41) is 27.4. The summed E-state index contributed by atoms with van der Waals surface area (Å²) >= 11 is 1.33. The fourth-order valence-electron chi connectivity index (χ4n) is 2.35. The number of rotatable bonds is 7. The molecule has 7 nitrogen and oxygen atoms in total. The Bertz CT molecular complexity index is 892. The standard InChI is InChI=1S/C18H17N3O4S/c1-25-15-8-4-13(5-9-15)21-17(12-2-6-14(22)7-3-12)19-20-18(21)26-11-10-16(23)24/h2-9,22H,10-11H2,1H3,(H,23,24). The van der Waals surface area contributed by atoms with Crippen molar-refractivity contribution in [1.82, 2.24) is 14.8 Å². The number of carbonyl (C=O) groups is 1. The molecule has 0 aliphatic heterocycles. The molecule has 26 heavy (non-hydrogen) atoms. The molecular formula is C18H17N3O4S. The molecule has 134 valence electrons. The van der Waals surface area contributed by atoms with Crippen molar-refractivity contribution in [2.24, 2.45) is 0 Å². The number of aromatic hydroxyl groups is 1. The number of methoxy groups -OCH3 is 1. The van der Waals surface area contributed by atoms with E-state index in [0.29, 0.717) is 16.7 Å². The van der Waals surface area contributed by atoms with Gasteiger partial charge in [0.1, 0.15) is 11.5 Å². The zero-order chi connectivity index (χ0) is 18.5. The van der Waals surface area contributed by atoms with E-state index in [0.717, 1.165) is 17.0 Å². The number of carboxylic acids is 1. The van der Waals surface area contributed by atoms with Crippen molar-refractivity contribution < 1.29 is 19.7 Å². The van der Waals surface area contributed by atoms with Crippen LogP contribution in [0.4, 0.5) is 0 Å². The van der Waals surface area contributed by atoms with E-state index in [1.165, 1.54) is 11.8 Å². The summed E-state index contributed by atoms with van der Waals surface area (Å²) in [6.45, 7) is 0. The van der Waals surface area contributed by atoms with Crippen LogP contribution in [0.1, 0.15) is 6.42 Å². The molecule has 0 spiro atoms. The first-order chi connectivity index (χ1) is 12.6. The van der Waals surface area contributed by atoms with E-state index in [4.69, 9.17) is 9.84 Å². The summed E-state index contributed by atoms with van der Waals surface area (Å²) in [5.74, 6) is 1.03. The summed E-state index contributed by atoms with van der Waals surface area (Å²) < 4.78 is 7.06. The highest BCUT2D eigenvalue weighted by molar-refractivity contribution is 7.99. The number of thioether (sulfide) groups is 1. The molecule has 2 aromatic carbocycles. The average Bonchev–Trinajstić information content (AvgIpc) is 3.06. The van der Waals surface area contributed by atoms with Crippen LogP contribution in [-0.4, -0.2) is 43.8 Å². The van der Waals surface area contributed by atoms with Gasteiger partial charge in [0.15, 0.2) is 11.0 Å². The van der Waals surface area contributed by atoms with E-state index in [1.54, 1.807) is 31.4 Å². The van der Waals surface area contributed by atoms with E-state index in [9.17, 15) is 9.90 Å². The van der Waals surface area contributed by atoms with Crippen LogP contribution < -0.4 is 4.74 Å². The summed E-state index contributed by atoms with van der Waals surface area (Å²) in [6.07, 6.45) is 0.0364. The number of ether oxygens (including phenoxy) is 1. The van der Waals surface area contributed by atoms with Crippen LogP contribution in [-0.2, 0) is 4.79 Å². The van der Waals surface area contributed by atoms with Gasteiger partial charge >= 0.3 is 5.97 Å². The van der Waals surface area contributed by atoms with Crippen molar-refractivity contribution in [3.05, 3.63) is 48.5 Å². The fourth-order valence-corrected chi connectivity index (χ4v) is 3.23. The zero-order valence-electron chi connectivity index (χ0n) is 14.0. The third-order valence-corrected chi connectivity index (χ3v) is 4.57. The smallest absolute Gasteiger partial charge is 0.304 e. The van der Waals surface area contributed by atoms with Crippen LogP contribution >= 0.6 is 11.8 Å². The summed E-state index contributed by atoms with van der Waals surface area (Å²) in [7, 11) is 1.60. The Morgan fingerprint density at radius 1 is 1.12 bits per heavy atom. The van der Waals surface area contributed by atoms with Crippen LogP contribution in [0.25, 0.3) is 17.1 Å². The van der Waals surface area contributed by atoms with Gasteiger partial charge in [0.25, 0.3) is 0 Å². The molecule has 0 saturated carbocycles. The lowest BCUT2D eigenvalue weighted by atomic mass is 10.2. The average molecular weight is 371 g/mol. The Labute approximate surface area is 154 Å². The van der Waals surface area contributed by atoms with Gasteiger partial charge in [-0.25, -0.2) is 0 Å². The van der Waals surface area contributed by atoms with Crippen molar-refractivity contribution in [1.29, 1.82) is 0 Å². The second-order valence-electron chi connectivity index (χ2n) is 5.38. The van der Waals surface area contributed by atoms with Gasteiger partial charge in [-0.15, -0.1) is 10.2 Å². The predicted octanol–water partition coefficient (Wildman–Crippen LogP) is 3.22. The van der Waals surface area contributed by atoms with Crippen LogP contribution in [0.5, 0.6) is 11.5 Å². The molecule has 1 heterocycles. The van der Waals surface area contributed by atoms with Crippen molar-refractivity contribution >= 4 is 17.7 Å². The first-order valence-corrected chi connectivity index (χ1v) is 8.81. The first kappa shape index (κ1) is 17.8. The lowest BCUT2D eigenvalue weighted by Gasteiger charge is -2.11. The lowest BCUT2D eigenvalue weighted by Crippen LogP contribution is -2.01. The SMILES string of the molecule is COc1ccc(-n2c(SCCC(=O)O)nnc2-c2ccc(O)cc2)cc1. The van der Waals surface area contributed by atoms with E-state index in [2.05, 4.69) is 10.2 Å². The fraction of sp³-hybridized carbons (Fsp3) is 0.167. The Hall–Kier alpha value is -3.00. The molecule has 0 saturated heterocycles. The van der Waals surface area contributed by atoms with Crippen molar-refractivity contribution in [3.8, 4) is 28.6 Å². The number of benzene rings is 2. The molecule has 0 unspecified atom stereocenters. The summed E-state index contributed by atoms with van der Waals surface area (Å²) in [5.41, 5.74) is 1.62. The zero-order valence-corrected chi connectivity index (χ0v) is 14.8. The third-order valence-electron chi connectivity index (χ3n) is 3.64. The minimum atomic E-state index is -0.855. The van der Waals surface area contributed by atoms with Crippen molar-refractivity contribution in [3.63, 3.8) is 0 Å². The van der Waals surface area contributed by atoms with E-state index in [-0.39, 0.29) is 12.2 Å². The molecule has 0 aliphatic rings. The minimum Gasteiger partial charge on any atom is -0.508 e. The van der Waals surface area contributed by atoms with Gasteiger partial charge in [0.2, 0.25) is 0 Å². The predicted molar refractivity (Wildman–Crippen MR) is 98.0 cm³/mol. The summed E-state index contributed by atoms with van der Waals surface area (Å²) in [6, 6.07) is 14.1. The highest BCUT2D eigenvalue weighted by Gasteiger charge is 2.16. The molecule has 3 rings (SSSR count). The van der Waals surface area contributed by atoms with Crippen LogP contribution in [0, 0.1) is 0 Å². The maximum absolute atomic E-state index is 10.8. The van der Waals surface area contributed by atoms with Gasteiger partial charge in [0, 0.05) is 17.0 Å². The maximum atomic E-state index is 10.8. The Balaban J connectivity index is 2.01. The number of phenols is 1. The normalized spacial score (nSPS) is 10.7. The van der Waals surface area contributed by atoms with E-state index < -0.39 is 5.97 Å². The largest absolute Gasteiger partial charge is 0.508 e. The van der Waals surface area contributed by atoms with Gasteiger partial charge < -0.3 is 14.9 Å². The highest BCUT2D eigenvalue weighted by Crippen LogP contribution is 2.29. The second-order valence-corrected chi connectivity index (χ2v) is 6.44. The van der Waals surface area contributed by atoms with Gasteiger partial charge in [-0.3, -0.25) is 9.36 Å². The van der Waals surface area contributed by atoms with Crippen molar-refractivity contribution in [2.45, 2.75) is 11.6 Å². The molecule has 0 fully saturated rings. The van der Waals surface area contributed by atoms with Crippen LogP contribution in [0.3, 0.4) is 0 Å². The van der Waals surface area contributed by atoms with Crippen LogP contribution in [0.2, 0.25) is 0 Å². The second kappa shape index (κ2) is 7.92. The molecule has 0 aliphatic carbocycles. The lowest BCUT2D eigenvalue weighted by molar-refractivity contribution is -0.136. The number of aromatic nitrogens is 3. The number of aliphatic carboxylic acids is 1. The van der Waals surface area contributed by atoms with Gasteiger partial charge in [-0.1, -0.05) is 11.8 Å². The topological polar surface area (TPSA) is 97.5 Å². The van der Waals surface area contributed by atoms with Gasteiger partial charge in [-0.2, -0.15) is 0 Å². The molecule has 8 heteroatoms. The molecule has 3 aromatic rings. The maximum Gasteiger partial charge on any atom is 0.304 e. The quantitative estimate of drug-likeness (QED) is 0.615. The Kier molecular flexibility index (Phi) is 5.43. The van der Waals surface area contributed by atoms with Crippen molar-refractivity contribution in [2.75, 3.05) is 12.9 Å². The van der Waals surface area contributed by atoms with Gasteiger partial charge in [-0.05, 0) is 48.5 Å². The Morgan fingerprint density at radius 2 is 1.81 bits per heavy atom. The summed E-state index contributed by atoms with van der Waals surface area (Å²) in [4.78, 5) is 10.8. The van der Waals surface area contributed by atoms with Crippen LogP contribution in [0.15, 0.2) is 53.7 Å². The molecule has 0 bridgehead atoms. The molecule has 2 N–H and O–H groups in total. The molecule has 0 amide bonds. The van der Waals surface area contributed by atoms with Gasteiger partial charge in [0.05, 0.1) is 13.5 Å². The van der Waals surface area contributed by atoms with E-state index >= 15 is 0 Å². The molecular weight excluding hydrogens is 354 g/mol. The monoisotopic (exact) mass is 371 g/mol. The third kappa shape index (κ3) is 3.97. The van der Waals surface area contributed by atoms with E-state index in [1.807, 2.05) is 28.8 Å². The number of hydrogen-bond acceptors (Lipinski definition) is 6.